The van der Waals surface area contributed by atoms with Crippen molar-refractivity contribution in [1.29, 1.82) is 0 Å². The van der Waals surface area contributed by atoms with Crippen molar-refractivity contribution in [2.45, 2.75) is 30.6 Å². The van der Waals surface area contributed by atoms with E-state index in [1.165, 1.54) is 6.21 Å². The molecule has 1 aliphatic heterocycles. The van der Waals surface area contributed by atoms with Crippen LogP contribution < -0.4 is 4.74 Å². The van der Waals surface area contributed by atoms with Gasteiger partial charge in [0.05, 0.1) is 13.7 Å². The Bertz CT molecular complexity index is 477. The smallest absolute Gasteiger partial charge is 0.180 e. The summed E-state index contributed by atoms with van der Waals surface area (Å²) in [6.45, 7) is -0.496. The Morgan fingerprint density at radius 3 is 2.43 bits per heavy atom. The maximum absolute atomic E-state index is 9.93. The van der Waals surface area contributed by atoms with Gasteiger partial charge in [0.15, 0.2) is 6.29 Å². The molecule has 5 atom stereocenters. The number of nitrogens with zero attached hydrogens (tertiary/aromatic N) is 1. The summed E-state index contributed by atoms with van der Waals surface area (Å²) in [5, 5.41) is 38.5. The largest absolute Gasteiger partial charge is 0.497 e. The molecule has 116 valence electrons. The molecule has 1 heterocycles. The van der Waals surface area contributed by atoms with Crippen LogP contribution in [0.1, 0.15) is 5.56 Å². The fourth-order valence-corrected chi connectivity index (χ4v) is 2.11. The lowest BCUT2D eigenvalue weighted by Crippen LogP contribution is -2.57. The predicted octanol–water partition coefficient (Wildman–Crippen LogP) is -1.09. The zero-order valence-corrected chi connectivity index (χ0v) is 11.5. The molecule has 4 N–H and O–H groups in total. The lowest BCUT2D eigenvalue weighted by molar-refractivity contribution is -0.248. The van der Waals surface area contributed by atoms with Crippen LogP contribution in [0.25, 0.3) is 0 Å². The minimum absolute atomic E-state index is 0.496. The van der Waals surface area contributed by atoms with E-state index in [1.807, 2.05) is 0 Å². The van der Waals surface area contributed by atoms with Crippen LogP contribution in [-0.2, 0) is 4.74 Å². The van der Waals surface area contributed by atoms with Gasteiger partial charge in [-0.25, -0.2) is 0 Å². The Balaban J connectivity index is 2.08. The highest BCUT2D eigenvalue weighted by Crippen LogP contribution is 2.22. The van der Waals surface area contributed by atoms with Crippen molar-refractivity contribution in [3.8, 4) is 5.75 Å². The highest BCUT2D eigenvalue weighted by atomic mass is 16.6. The van der Waals surface area contributed by atoms with Crippen molar-refractivity contribution in [1.82, 2.24) is 0 Å². The number of methoxy groups -OCH3 is 1. The van der Waals surface area contributed by atoms with Crippen molar-refractivity contribution < 1.29 is 29.9 Å². The zero-order chi connectivity index (χ0) is 15.4. The summed E-state index contributed by atoms with van der Waals surface area (Å²) in [4.78, 5) is 4.06. The van der Waals surface area contributed by atoms with Gasteiger partial charge >= 0.3 is 0 Å². The molecule has 21 heavy (non-hydrogen) atoms. The summed E-state index contributed by atoms with van der Waals surface area (Å²) < 4.78 is 10.1. The molecule has 1 aromatic carbocycles. The standard InChI is InChI=1S/C14H19NO6/c1-20-9-4-2-8(3-5-9)6-15-11-13(18)12(17)10(7-16)21-14(11)19/h2-6,10-14,16-19H,7H2,1H3/t10-,11+,12-,13-,14+/m1/s1. The number of ether oxygens (including phenoxy) is 2. The van der Waals surface area contributed by atoms with Crippen molar-refractivity contribution in [3.63, 3.8) is 0 Å². The zero-order valence-electron chi connectivity index (χ0n) is 11.5. The number of aliphatic hydroxyl groups excluding tert-OH is 4. The van der Waals surface area contributed by atoms with Gasteiger partial charge in [0, 0.05) is 6.21 Å². The van der Waals surface area contributed by atoms with Gasteiger partial charge in [0.25, 0.3) is 0 Å². The fourth-order valence-electron chi connectivity index (χ4n) is 2.11. The Morgan fingerprint density at radius 2 is 1.86 bits per heavy atom. The second-order valence-electron chi connectivity index (χ2n) is 4.77. The first-order valence-electron chi connectivity index (χ1n) is 6.54. The maximum Gasteiger partial charge on any atom is 0.180 e. The van der Waals surface area contributed by atoms with E-state index in [4.69, 9.17) is 14.6 Å². The number of hydrogen-bond donors (Lipinski definition) is 4. The van der Waals surface area contributed by atoms with E-state index in [1.54, 1.807) is 31.4 Å². The molecule has 1 saturated heterocycles. The lowest BCUT2D eigenvalue weighted by atomic mass is 9.97. The molecule has 0 amide bonds. The predicted molar refractivity (Wildman–Crippen MR) is 74.4 cm³/mol. The molecule has 0 bridgehead atoms. The van der Waals surface area contributed by atoms with E-state index >= 15 is 0 Å². The third-order valence-electron chi connectivity index (χ3n) is 3.38. The first kappa shape index (κ1) is 15.9. The average Bonchev–Trinajstić information content (AvgIpc) is 2.51. The molecule has 7 nitrogen and oxygen atoms in total. The molecule has 0 aromatic heterocycles. The van der Waals surface area contributed by atoms with Gasteiger partial charge in [-0.3, -0.25) is 4.99 Å². The second-order valence-corrected chi connectivity index (χ2v) is 4.77. The Morgan fingerprint density at radius 1 is 1.19 bits per heavy atom. The van der Waals surface area contributed by atoms with Crippen LogP contribution in [0.5, 0.6) is 5.75 Å². The molecule has 0 saturated carbocycles. The van der Waals surface area contributed by atoms with E-state index < -0.39 is 37.3 Å². The minimum Gasteiger partial charge on any atom is -0.497 e. The monoisotopic (exact) mass is 297 g/mol. The van der Waals surface area contributed by atoms with Crippen LogP contribution in [0.3, 0.4) is 0 Å². The van der Waals surface area contributed by atoms with Crippen LogP contribution in [0, 0.1) is 0 Å². The van der Waals surface area contributed by atoms with Crippen LogP contribution in [0.15, 0.2) is 29.3 Å². The molecule has 0 spiro atoms. The summed E-state index contributed by atoms with van der Waals surface area (Å²) in [6.07, 6.45) is -3.58. The van der Waals surface area contributed by atoms with Gasteiger partial charge in [0.1, 0.15) is 30.1 Å². The number of aliphatic hydroxyl groups is 4. The molecule has 7 heteroatoms. The quantitative estimate of drug-likeness (QED) is 0.526. The van der Waals surface area contributed by atoms with Gasteiger partial charge in [-0.2, -0.15) is 0 Å². The molecule has 1 aliphatic rings. The summed E-state index contributed by atoms with van der Waals surface area (Å²) in [5.41, 5.74) is 0.744. The number of aliphatic imine (C=N–C) groups is 1. The lowest BCUT2D eigenvalue weighted by Gasteiger charge is -2.38. The van der Waals surface area contributed by atoms with Gasteiger partial charge in [-0.05, 0) is 29.8 Å². The second kappa shape index (κ2) is 6.97. The van der Waals surface area contributed by atoms with E-state index in [2.05, 4.69) is 4.99 Å². The molecule has 0 aliphatic carbocycles. The molecule has 2 rings (SSSR count). The van der Waals surface area contributed by atoms with Crippen LogP contribution in [0.4, 0.5) is 0 Å². The first-order valence-corrected chi connectivity index (χ1v) is 6.54. The number of benzene rings is 1. The molecular formula is C14H19NO6. The van der Waals surface area contributed by atoms with Gasteiger partial charge in [0.2, 0.25) is 0 Å². The Kier molecular flexibility index (Phi) is 5.27. The van der Waals surface area contributed by atoms with E-state index in [9.17, 15) is 15.3 Å². The van der Waals surface area contributed by atoms with Gasteiger partial charge in [-0.1, -0.05) is 0 Å². The highest BCUT2D eigenvalue weighted by molar-refractivity contribution is 5.79. The van der Waals surface area contributed by atoms with Crippen LogP contribution in [0.2, 0.25) is 0 Å². The molecule has 0 radical (unpaired) electrons. The number of rotatable bonds is 4. The van der Waals surface area contributed by atoms with Crippen LogP contribution >= 0.6 is 0 Å². The van der Waals surface area contributed by atoms with E-state index in [0.29, 0.717) is 5.75 Å². The van der Waals surface area contributed by atoms with Crippen molar-refractivity contribution >= 4 is 6.21 Å². The van der Waals surface area contributed by atoms with Crippen LogP contribution in [-0.4, -0.2) is 71.0 Å². The first-order chi connectivity index (χ1) is 10.1. The normalized spacial score (nSPS) is 33.3. The molecule has 1 aromatic rings. The SMILES string of the molecule is COc1ccc(C=N[C@H]2[C@@H](O)[C@H](O)[C@@H](CO)O[C@@H]2O)cc1. The van der Waals surface area contributed by atoms with Crippen molar-refractivity contribution in [3.05, 3.63) is 29.8 Å². The average molecular weight is 297 g/mol. The maximum atomic E-state index is 9.93. The van der Waals surface area contributed by atoms with Crippen molar-refractivity contribution in [2.75, 3.05) is 13.7 Å². The summed E-state index contributed by atoms with van der Waals surface area (Å²) in [7, 11) is 1.56. The summed E-state index contributed by atoms with van der Waals surface area (Å²) in [5.74, 6) is 0.703. The Hall–Kier alpha value is -1.51. The molecular weight excluding hydrogens is 278 g/mol. The number of hydrogen-bond acceptors (Lipinski definition) is 7. The third kappa shape index (κ3) is 3.58. The topological polar surface area (TPSA) is 112 Å². The molecule has 1 fully saturated rings. The molecule has 0 unspecified atom stereocenters. The van der Waals surface area contributed by atoms with Gasteiger partial charge in [-0.15, -0.1) is 0 Å². The van der Waals surface area contributed by atoms with E-state index in [0.717, 1.165) is 5.56 Å². The summed E-state index contributed by atoms with van der Waals surface area (Å²) >= 11 is 0. The Labute approximate surface area is 122 Å². The van der Waals surface area contributed by atoms with Gasteiger partial charge < -0.3 is 29.9 Å². The summed E-state index contributed by atoms with van der Waals surface area (Å²) in [6, 6.07) is 6.00. The third-order valence-corrected chi connectivity index (χ3v) is 3.38. The highest BCUT2D eigenvalue weighted by Gasteiger charge is 2.43. The fraction of sp³-hybridized carbons (Fsp3) is 0.500. The van der Waals surface area contributed by atoms with E-state index in [-0.39, 0.29) is 0 Å². The van der Waals surface area contributed by atoms with Crippen molar-refractivity contribution in [2.24, 2.45) is 4.99 Å². The minimum atomic E-state index is -1.39.